The minimum Gasteiger partial charge on any atom is -0.500 e. The van der Waals surface area contributed by atoms with Crippen LogP contribution in [0.15, 0.2) is 89.5 Å². The second-order valence-corrected chi connectivity index (χ2v) is 13.2. The average molecular weight is 596 g/mol. The number of carbonyl (C=O) groups excluding carboxylic acids is 2. The molecule has 4 rings (SSSR count). The lowest BCUT2D eigenvalue weighted by Gasteiger charge is -2.27. The van der Waals surface area contributed by atoms with Crippen molar-refractivity contribution in [3.05, 3.63) is 106 Å². The minimum absolute atomic E-state index is 0.0450. The highest BCUT2D eigenvalue weighted by Crippen LogP contribution is 2.37. The Morgan fingerprint density at radius 1 is 0.976 bits per heavy atom. The van der Waals surface area contributed by atoms with Crippen molar-refractivity contribution in [1.29, 1.82) is 0 Å². The van der Waals surface area contributed by atoms with E-state index in [0.717, 1.165) is 21.0 Å². The predicted octanol–water partition coefficient (Wildman–Crippen LogP) is 6.70. The van der Waals surface area contributed by atoms with Gasteiger partial charge >= 0.3 is 6.09 Å². The normalized spacial score (nSPS) is 15.6. The summed E-state index contributed by atoms with van der Waals surface area (Å²) >= 11 is 5.94. The van der Waals surface area contributed by atoms with Crippen LogP contribution >= 0.6 is 11.6 Å². The molecule has 0 N–H and O–H groups in total. The number of hydrogen-bond donors (Lipinski definition) is 0. The van der Waals surface area contributed by atoms with E-state index in [1.54, 1.807) is 27.9 Å². The molecule has 3 aromatic carbocycles. The summed E-state index contributed by atoms with van der Waals surface area (Å²) in [5.74, 6) is 0.463. The molecule has 3 aromatic rings. The van der Waals surface area contributed by atoms with Gasteiger partial charge in [-0.25, -0.2) is 17.5 Å². The van der Waals surface area contributed by atoms with Crippen LogP contribution in [-0.2, 0) is 37.1 Å². The number of benzene rings is 3. The number of hydrogen-bond acceptors (Lipinski definition) is 6. The van der Waals surface area contributed by atoms with Crippen LogP contribution in [0, 0.1) is 5.92 Å². The Labute approximate surface area is 246 Å². The maximum Gasteiger partial charge on any atom is 0.424 e. The molecule has 0 saturated carbocycles. The molecule has 0 aliphatic heterocycles. The average Bonchev–Trinajstić information content (AvgIpc) is 3.23. The van der Waals surface area contributed by atoms with Crippen molar-refractivity contribution in [3.8, 4) is 0 Å². The van der Waals surface area contributed by atoms with E-state index in [9.17, 15) is 18.0 Å². The predicted molar refractivity (Wildman–Crippen MR) is 159 cm³/mol. The lowest BCUT2D eigenvalue weighted by atomic mass is 9.92. The molecule has 0 spiro atoms. The van der Waals surface area contributed by atoms with Crippen molar-refractivity contribution in [2.75, 3.05) is 13.7 Å². The largest absolute Gasteiger partial charge is 0.500 e. The van der Waals surface area contributed by atoms with Gasteiger partial charge in [-0.15, -0.1) is 0 Å². The van der Waals surface area contributed by atoms with Gasteiger partial charge in [0, 0.05) is 23.9 Å². The maximum atomic E-state index is 13.5. The molecule has 1 aliphatic rings. The Morgan fingerprint density at radius 2 is 1.63 bits per heavy atom. The van der Waals surface area contributed by atoms with Crippen molar-refractivity contribution in [3.63, 3.8) is 0 Å². The van der Waals surface area contributed by atoms with Gasteiger partial charge in [-0.3, -0.25) is 4.79 Å². The van der Waals surface area contributed by atoms with Crippen molar-refractivity contribution in [2.24, 2.45) is 5.92 Å². The number of rotatable bonds is 9. The molecule has 7 nitrogen and oxygen atoms in total. The summed E-state index contributed by atoms with van der Waals surface area (Å²) in [7, 11) is -2.61. The van der Waals surface area contributed by atoms with Crippen LogP contribution in [-0.4, -0.2) is 43.9 Å². The molecule has 0 fully saturated rings. The Balaban J connectivity index is 1.51. The first-order chi connectivity index (χ1) is 19.4. The summed E-state index contributed by atoms with van der Waals surface area (Å²) in [6, 6.07) is 22.8. The molecule has 9 heteroatoms. The number of nitrogens with zero attached hydrogens (tertiary/aromatic N) is 1. The number of halogens is 1. The summed E-state index contributed by atoms with van der Waals surface area (Å²) in [6.45, 7) is 4.91. The second-order valence-electron chi connectivity index (χ2n) is 10.9. The summed E-state index contributed by atoms with van der Waals surface area (Å²) in [4.78, 5) is 26.4. The van der Waals surface area contributed by atoms with E-state index >= 15 is 0 Å². The summed E-state index contributed by atoms with van der Waals surface area (Å²) in [6.07, 6.45) is 0.325. The molecule has 1 amide bonds. The fourth-order valence-electron chi connectivity index (χ4n) is 4.80. The van der Waals surface area contributed by atoms with Gasteiger partial charge in [0.25, 0.3) is 10.0 Å². The van der Waals surface area contributed by atoms with Gasteiger partial charge in [0.05, 0.1) is 17.6 Å². The Hall–Kier alpha value is -3.62. The Bertz CT molecular complexity index is 1540. The minimum atomic E-state index is -4.20. The highest BCUT2D eigenvalue weighted by Gasteiger charge is 2.35. The Kier molecular flexibility index (Phi) is 9.24. The molecular formula is C32H34ClNO6S. The van der Waals surface area contributed by atoms with E-state index in [-0.39, 0.29) is 29.6 Å². The topological polar surface area (TPSA) is 90.0 Å². The van der Waals surface area contributed by atoms with Gasteiger partial charge in [0.1, 0.15) is 11.4 Å². The number of carbonyl (C=O) groups is 2. The molecular weight excluding hydrogens is 562 g/mol. The number of methoxy groups -OCH3 is 1. The monoisotopic (exact) mass is 595 g/mol. The lowest BCUT2D eigenvalue weighted by Crippen LogP contribution is -2.41. The van der Waals surface area contributed by atoms with Crippen LogP contribution in [0.2, 0.25) is 5.02 Å². The first kappa shape index (κ1) is 30.3. The maximum absolute atomic E-state index is 13.5. The third-order valence-corrected chi connectivity index (χ3v) is 8.74. The molecule has 1 unspecified atom stereocenters. The van der Waals surface area contributed by atoms with Gasteiger partial charge in [0.2, 0.25) is 0 Å². The van der Waals surface area contributed by atoms with Crippen molar-refractivity contribution < 1.29 is 27.5 Å². The van der Waals surface area contributed by atoms with Crippen molar-refractivity contribution in [2.45, 2.75) is 50.5 Å². The molecule has 0 heterocycles. The molecule has 0 aromatic heterocycles. The highest BCUT2D eigenvalue weighted by atomic mass is 35.5. The number of ether oxygens (including phenoxy) is 2. The number of sulfonamides is 1. The van der Waals surface area contributed by atoms with Crippen LogP contribution in [0.1, 0.15) is 43.9 Å². The molecule has 1 atom stereocenters. The molecule has 1 aliphatic carbocycles. The van der Waals surface area contributed by atoms with Crippen molar-refractivity contribution >= 4 is 39.1 Å². The zero-order valence-corrected chi connectivity index (χ0v) is 25.2. The standard InChI is InChI=1S/C32H34ClNO6S/c1-32(2,3)40-31(36)34(41(37,38)27-15-13-26(33)14-16-27)18-17-22-9-8-10-23(19-22)20-25-21-28(39-4)29(30(25)35)24-11-6-5-7-12-24/h5-16,19,25H,17-18,20-21H2,1-4H3. The van der Waals surface area contributed by atoms with Gasteiger partial charge in [-0.1, -0.05) is 66.2 Å². The summed E-state index contributed by atoms with van der Waals surface area (Å²) in [5, 5.41) is 0.383. The molecule has 0 bridgehead atoms. The summed E-state index contributed by atoms with van der Waals surface area (Å²) < 4.78 is 38.7. The van der Waals surface area contributed by atoms with E-state index in [0.29, 0.717) is 29.2 Å². The van der Waals surface area contributed by atoms with Crippen LogP contribution < -0.4 is 0 Å². The van der Waals surface area contributed by atoms with Gasteiger partial charge in [0.15, 0.2) is 5.78 Å². The van der Waals surface area contributed by atoms with E-state index in [4.69, 9.17) is 21.1 Å². The Morgan fingerprint density at radius 3 is 2.27 bits per heavy atom. The first-order valence-electron chi connectivity index (χ1n) is 13.3. The number of amides is 1. The van der Waals surface area contributed by atoms with E-state index in [1.165, 1.54) is 24.3 Å². The third-order valence-electron chi connectivity index (χ3n) is 6.71. The lowest BCUT2D eigenvalue weighted by molar-refractivity contribution is -0.116. The van der Waals surface area contributed by atoms with E-state index < -0.39 is 21.7 Å². The van der Waals surface area contributed by atoms with Crippen LogP contribution in [0.3, 0.4) is 0 Å². The molecule has 41 heavy (non-hydrogen) atoms. The second kappa shape index (κ2) is 12.5. The van der Waals surface area contributed by atoms with Crippen LogP contribution in [0.25, 0.3) is 5.57 Å². The molecule has 0 saturated heterocycles. The van der Waals surface area contributed by atoms with Gasteiger partial charge in [-0.2, -0.15) is 0 Å². The first-order valence-corrected chi connectivity index (χ1v) is 15.2. The van der Waals surface area contributed by atoms with Crippen LogP contribution in [0.5, 0.6) is 0 Å². The van der Waals surface area contributed by atoms with Gasteiger partial charge < -0.3 is 9.47 Å². The van der Waals surface area contributed by atoms with Gasteiger partial charge in [-0.05, 0) is 74.6 Å². The highest BCUT2D eigenvalue weighted by molar-refractivity contribution is 7.89. The smallest absolute Gasteiger partial charge is 0.424 e. The zero-order valence-electron chi connectivity index (χ0n) is 23.6. The van der Waals surface area contributed by atoms with E-state index in [2.05, 4.69) is 0 Å². The fraction of sp³-hybridized carbons (Fsp3) is 0.312. The zero-order chi connectivity index (χ0) is 29.8. The van der Waals surface area contributed by atoms with E-state index in [1.807, 2.05) is 54.6 Å². The molecule has 0 radical (unpaired) electrons. The SMILES string of the molecule is COC1=C(c2ccccc2)C(=O)C(Cc2cccc(CCN(C(=O)OC(C)(C)C)S(=O)(=O)c3ccc(Cl)cc3)c2)C1. The number of Topliss-reactive ketones (excluding diaryl/α,β-unsaturated/α-hetero) is 1. The molecule has 216 valence electrons. The van der Waals surface area contributed by atoms with Crippen molar-refractivity contribution in [1.82, 2.24) is 4.31 Å². The number of allylic oxidation sites excluding steroid dienone is 2. The fourth-order valence-corrected chi connectivity index (χ4v) is 6.23. The van der Waals surface area contributed by atoms with Crippen LogP contribution in [0.4, 0.5) is 4.79 Å². The third kappa shape index (κ3) is 7.37. The number of ketones is 1. The quantitative estimate of drug-likeness (QED) is 0.273. The summed E-state index contributed by atoms with van der Waals surface area (Å²) in [5.41, 5.74) is 2.35.